The largest absolute Gasteiger partial charge is 0.385 e. The Bertz CT molecular complexity index is 422. The van der Waals surface area contributed by atoms with Gasteiger partial charge in [-0.3, -0.25) is 10.1 Å². The van der Waals surface area contributed by atoms with Crippen molar-refractivity contribution in [3.8, 4) is 0 Å². The summed E-state index contributed by atoms with van der Waals surface area (Å²) in [5.41, 5.74) is 1.53. The second-order valence-corrected chi connectivity index (χ2v) is 4.40. The Morgan fingerprint density at radius 2 is 1.89 bits per heavy atom. The van der Waals surface area contributed by atoms with Gasteiger partial charge in [0, 0.05) is 36.6 Å². The second kappa shape index (κ2) is 7.58. The molecule has 0 aliphatic carbocycles. The maximum Gasteiger partial charge on any atom is 0.273 e. The van der Waals surface area contributed by atoms with Crippen molar-refractivity contribution in [1.29, 1.82) is 0 Å². The van der Waals surface area contributed by atoms with Gasteiger partial charge in [0.2, 0.25) is 0 Å². The molecule has 0 amide bonds. The molecule has 0 aliphatic rings. The molecular formula is C13H21N3O3. The summed E-state index contributed by atoms with van der Waals surface area (Å²) in [7, 11) is 0. The van der Waals surface area contributed by atoms with E-state index in [0.717, 1.165) is 17.9 Å². The molecule has 0 unspecified atom stereocenters. The Kier molecular flexibility index (Phi) is 6.08. The zero-order valence-electron chi connectivity index (χ0n) is 11.6. The third-order valence-corrected chi connectivity index (χ3v) is 2.39. The van der Waals surface area contributed by atoms with E-state index in [2.05, 4.69) is 10.6 Å². The van der Waals surface area contributed by atoms with E-state index in [-0.39, 0.29) is 11.8 Å². The van der Waals surface area contributed by atoms with Crippen molar-refractivity contribution in [3.05, 3.63) is 28.3 Å². The lowest BCUT2D eigenvalue weighted by atomic mass is 10.2. The number of nitrogens with zero attached hydrogens (tertiary/aromatic N) is 1. The minimum atomic E-state index is -0.392. The van der Waals surface area contributed by atoms with Gasteiger partial charge in [-0.05, 0) is 26.8 Å². The Morgan fingerprint density at radius 1 is 1.26 bits per heavy atom. The molecule has 19 heavy (non-hydrogen) atoms. The van der Waals surface area contributed by atoms with Crippen LogP contribution in [0.5, 0.6) is 0 Å². The lowest BCUT2D eigenvalue weighted by Gasteiger charge is -2.11. The molecule has 1 aromatic rings. The molecule has 1 aromatic carbocycles. The van der Waals surface area contributed by atoms with Gasteiger partial charge in [0.15, 0.2) is 0 Å². The molecule has 0 bridgehead atoms. The zero-order chi connectivity index (χ0) is 14.3. The number of nitrogens with one attached hydrogen (secondary N) is 2. The van der Waals surface area contributed by atoms with Crippen molar-refractivity contribution >= 4 is 17.1 Å². The second-order valence-electron chi connectivity index (χ2n) is 4.40. The Morgan fingerprint density at radius 3 is 2.42 bits per heavy atom. The molecule has 0 spiro atoms. The Labute approximate surface area is 113 Å². The van der Waals surface area contributed by atoms with Crippen LogP contribution < -0.4 is 10.6 Å². The molecule has 0 aliphatic heterocycles. The summed E-state index contributed by atoms with van der Waals surface area (Å²) in [6.45, 7) is 7.79. The van der Waals surface area contributed by atoms with Gasteiger partial charge in [0.05, 0.1) is 17.6 Å². The number of nitro groups is 1. The van der Waals surface area contributed by atoms with Crippen molar-refractivity contribution in [2.24, 2.45) is 0 Å². The third kappa shape index (κ3) is 5.56. The summed E-state index contributed by atoms with van der Waals surface area (Å²) < 4.78 is 5.41. The van der Waals surface area contributed by atoms with Crippen molar-refractivity contribution in [2.75, 3.05) is 30.3 Å². The van der Waals surface area contributed by atoms with Gasteiger partial charge in [-0.2, -0.15) is 0 Å². The zero-order valence-corrected chi connectivity index (χ0v) is 11.6. The van der Waals surface area contributed by atoms with E-state index in [1.54, 1.807) is 0 Å². The smallest absolute Gasteiger partial charge is 0.273 e. The van der Waals surface area contributed by atoms with E-state index in [0.29, 0.717) is 13.2 Å². The van der Waals surface area contributed by atoms with Crippen LogP contribution in [-0.2, 0) is 4.74 Å². The quantitative estimate of drug-likeness (QED) is 0.430. The normalized spacial score (nSPS) is 10.5. The summed E-state index contributed by atoms with van der Waals surface area (Å²) in [5, 5.41) is 17.1. The summed E-state index contributed by atoms with van der Waals surface area (Å²) in [4.78, 5) is 10.5. The number of nitro benzene ring substituents is 1. The molecule has 0 radical (unpaired) electrons. The minimum absolute atomic E-state index is 0.0747. The SMILES string of the molecule is CCNc1cc(NCCOC(C)C)cc([N+](=O)[O-])c1. The summed E-state index contributed by atoms with van der Waals surface area (Å²) >= 11 is 0. The molecule has 0 saturated heterocycles. The van der Waals surface area contributed by atoms with Gasteiger partial charge in [-0.25, -0.2) is 0 Å². The lowest BCUT2D eigenvalue weighted by Crippen LogP contribution is -2.13. The molecule has 0 fully saturated rings. The first-order valence-electron chi connectivity index (χ1n) is 6.41. The highest BCUT2D eigenvalue weighted by Crippen LogP contribution is 2.24. The highest BCUT2D eigenvalue weighted by Gasteiger charge is 2.09. The number of hydrogen-bond donors (Lipinski definition) is 2. The van der Waals surface area contributed by atoms with E-state index in [1.165, 1.54) is 12.1 Å². The summed E-state index contributed by atoms with van der Waals surface area (Å²) in [6, 6.07) is 4.90. The molecule has 2 N–H and O–H groups in total. The number of anilines is 2. The van der Waals surface area contributed by atoms with E-state index in [4.69, 9.17) is 4.74 Å². The molecule has 106 valence electrons. The van der Waals surface area contributed by atoms with Crippen LogP contribution in [0.4, 0.5) is 17.1 Å². The van der Waals surface area contributed by atoms with Crippen LogP contribution in [0.3, 0.4) is 0 Å². The predicted molar refractivity (Wildman–Crippen MR) is 76.8 cm³/mol. The highest BCUT2D eigenvalue weighted by atomic mass is 16.6. The molecule has 0 heterocycles. The lowest BCUT2D eigenvalue weighted by molar-refractivity contribution is -0.384. The van der Waals surface area contributed by atoms with Crippen LogP contribution >= 0.6 is 0 Å². The van der Waals surface area contributed by atoms with Crippen LogP contribution in [0.25, 0.3) is 0 Å². The number of benzene rings is 1. The number of rotatable bonds is 8. The van der Waals surface area contributed by atoms with Crippen LogP contribution in [0, 0.1) is 10.1 Å². The van der Waals surface area contributed by atoms with E-state index >= 15 is 0 Å². The number of ether oxygens (including phenoxy) is 1. The van der Waals surface area contributed by atoms with Gasteiger partial charge in [-0.15, -0.1) is 0 Å². The van der Waals surface area contributed by atoms with Crippen molar-refractivity contribution < 1.29 is 9.66 Å². The maximum atomic E-state index is 10.9. The van der Waals surface area contributed by atoms with Crippen molar-refractivity contribution in [1.82, 2.24) is 0 Å². The third-order valence-electron chi connectivity index (χ3n) is 2.39. The molecule has 6 nitrogen and oxygen atoms in total. The van der Waals surface area contributed by atoms with Gasteiger partial charge in [0.1, 0.15) is 0 Å². The minimum Gasteiger partial charge on any atom is -0.385 e. The fourth-order valence-corrected chi connectivity index (χ4v) is 1.61. The predicted octanol–water partition coefficient (Wildman–Crippen LogP) is 2.86. The first-order valence-corrected chi connectivity index (χ1v) is 6.41. The summed E-state index contributed by atoms with van der Waals surface area (Å²) in [6.07, 6.45) is 0.184. The fourth-order valence-electron chi connectivity index (χ4n) is 1.61. The molecular weight excluding hydrogens is 246 g/mol. The number of hydrogen-bond acceptors (Lipinski definition) is 5. The Hall–Kier alpha value is -1.82. The molecule has 1 rings (SSSR count). The maximum absolute atomic E-state index is 10.9. The number of non-ortho nitro benzene ring substituents is 1. The molecule has 0 aromatic heterocycles. The molecule has 6 heteroatoms. The van der Waals surface area contributed by atoms with Crippen molar-refractivity contribution in [3.63, 3.8) is 0 Å². The average molecular weight is 267 g/mol. The monoisotopic (exact) mass is 267 g/mol. The van der Waals surface area contributed by atoms with Crippen LogP contribution in [0.2, 0.25) is 0 Å². The fraction of sp³-hybridized carbons (Fsp3) is 0.538. The summed E-state index contributed by atoms with van der Waals surface area (Å²) in [5.74, 6) is 0. The van der Waals surface area contributed by atoms with Crippen LogP contribution in [0.15, 0.2) is 18.2 Å². The Balaban J connectivity index is 2.67. The standard InChI is InChI=1S/C13H21N3O3/c1-4-14-11-7-12(9-13(8-11)16(17)18)15-5-6-19-10(2)3/h7-10,14-15H,4-6H2,1-3H3. The van der Waals surface area contributed by atoms with E-state index in [9.17, 15) is 10.1 Å². The van der Waals surface area contributed by atoms with Gasteiger partial charge in [0.25, 0.3) is 5.69 Å². The topological polar surface area (TPSA) is 76.4 Å². The molecule has 0 atom stereocenters. The van der Waals surface area contributed by atoms with Crippen LogP contribution in [0.1, 0.15) is 20.8 Å². The van der Waals surface area contributed by atoms with E-state index < -0.39 is 4.92 Å². The van der Waals surface area contributed by atoms with E-state index in [1.807, 2.05) is 26.8 Å². The highest BCUT2D eigenvalue weighted by molar-refractivity contribution is 5.63. The first kappa shape index (κ1) is 15.2. The first-order chi connectivity index (χ1) is 9.02. The van der Waals surface area contributed by atoms with Gasteiger partial charge < -0.3 is 15.4 Å². The van der Waals surface area contributed by atoms with Crippen LogP contribution in [-0.4, -0.2) is 30.7 Å². The van der Waals surface area contributed by atoms with Gasteiger partial charge >= 0.3 is 0 Å². The molecule has 0 saturated carbocycles. The van der Waals surface area contributed by atoms with Gasteiger partial charge in [-0.1, -0.05) is 0 Å². The van der Waals surface area contributed by atoms with Crippen molar-refractivity contribution in [2.45, 2.75) is 26.9 Å². The average Bonchev–Trinajstić information content (AvgIpc) is 2.34.